The first-order valence-electron chi connectivity index (χ1n) is 7.36. The predicted molar refractivity (Wildman–Crippen MR) is 78.8 cm³/mol. The van der Waals surface area contributed by atoms with Gasteiger partial charge >= 0.3 is 0 Å². The molecule has 0 aromatic carbocycles. The zero-order chi connectivity index (χ0) is 15.9. The van der Waals surface area contributed by atoms with Crippen molar-refractivity contribution in [3.8, 4) is 11.4 Å². The van der Waals surface area contributed by atoms with Crippen LogP contribution in [-0.4, -0.2) is 33.8 Å². The van der Waals surface area contributed by atoms with Crippen molar-refractivity contribution in [2.45, 2.75) is 39.2 Å². The van der Waals surface area contributed by atoms with Crippen LogP contribution in [0.15, 0.2) is 27.5 Å². The van der Waals surface area contributed by atoms with Gasteiger partial charge in [-0.1, -0.05) is 19.0 Å². The molecule has 0 bridgehead atoms. The van der Waals surface area contributed by atoms with E-state index in [1.54, 1.807) is 6.07 Å². The maximum absolute atomic E-state index is 11.7. The third kappa shape index (κ3) is 4.70. The summed E-state index contributed by atoms with van der Waals surface area (Å²) in [6, 6.07) is 1.74. The van der Waals surface area contributed by atoms with Crippen LogP contribution in [0.1, 0.15) is 32.6 Å². The maximum atomic E-state index is 11.7. The predicted octanol–water partition coefficient (Wildman–Crippen LogP) is 1.79. The number of aliphatic hydroxyl groups is 1. The van der Waals surface area contributed by atoms with Crippen LogP contribution in [0.5, 0.6) is 0 Å². The molecule has 0 radical (unpaired) electrons. The van der Waals surface area contributed by atoms with Crippen molar-refractivity contribution in [1.29, 1.82) is 0 Å². The number of aryl methyl sites for hydroxylation is 1. The van der Waals surface area contributed by atoms with Crippen LogP contribution >= 0.6 is 0 Å². The molecule has 22 heavy (non-hydrogen) atoms. The van der Waals surface area contributed by atoms with Gasteiger partial charge in [-0.15, -0.1) is 0 Å². The van der Waals surface area contributed by atoms with Crippen molar-refractivity contribution < 1.29 is 18.8 Å². The highest BCUT2D eigenvalue weighted by Crippen LogP contribution is 2.16. The standard InChI is InChI=1S/C15H21N3O4/c1-10(2)12(19)5-7-16-13(20)3-4-14-17-15(18-22-14)11-6-8-21-9-11/h6,8-10,12,19H,3-5,7H2,1-2H3,(H,16,20). The fourth-order valence-electron chi connectivity index (χ4n) is 1.87. The number of amides is 1. The minimum Gasteiger partial charge on any atom is -0.472 e. The van der Waals surface area contributed by atoms with Crippen molar-refractivity contribution in [3.05, 3.63) is 24.5 Å². The lowest BCUT2D eigenvalue weighted by Crippen LogP contribution is -2.28. The van der Waals surface area contributed by atoms with Crippen molar-refractivity contribution >= 4 is 5.91 Å². The summed E-state index contributed by atoms with van der Waals surface area (Å²) in [7, 11) is 0. The lowest BCUT2D eigenvalue weighted by Gasteiger charge is -2.14. The molecular formula is C15H21N3O4. The number of hydrogen-bond donors (Lipinski definition) is 2. The lowest BCUT2D eigenvalue weighted by atomic mass is 10.0. The lowest BCUT2D eigenvalue weighted by molar-refractivity contribution is -0.121. The highest BCUT2D eigenvalue weighted by Gasteiger charge is 2.12. The van der Waals surface area contributed by atoms with Crippen LogP contribution in [0, 0.1) is 5.92 Å². The smallest absolute Gasteiger partial charge is 0.227 e. The molecule has 2 N–H and O–H groups in total. The number of aliphatic hydroxyl groups excluding tert-OH is 1. The van der Waals surface area contributed by atoms with Crippen LogP contribution in [0.3, 0.4) is 0 Å². The Hall–Kier alpha value is -2.15. The molecule has 0 saturated carbocycles. The van der Waals surface area contributed by atoms with Gasteiger partial charge in [0.15, 0.2) is 0 Å². The summed E-state index contributed by atoms with van der Waals surface area (Å²) in [4.78, 5) is 15.9. The van der Waals surface area contributed by atoms with E-state index in [1.165, 1.54) is 12.5 Å². The van der Waals surface area contributed by atoms with Gasteiger partial charge in [0.25, 0.3) is 0 Å². The summed E-state index contributed by atoms with van der Waals surface area (Å²) in [5.74, 6) is 0.952. The molecule has 2 aromatic rings. The molecule has 7 heteroatoms. The molecular weight excluding hydrogens is 286 g/mol. The van der Waals surface area contributed by atoms with Gasteiger partial charge in [0.2, 0.25) is 17.6 Å². The Bertz CT molecular complexity index is 577. The number of carbonyl (C=O) groups excluding carboxylic acids is 1. The van der Waals surface area contributed by atoms with Crippen molar-refractivity contribution in [2.24, 2.45) is 5.92 Å². The normalized spacial score (nSPS) is 12.5. The van der Waals surface area contributed by atoms with E-state index >= 15 is 0 Å². The summed E-state index contributed by atoms with van der Waals surface area (Å²) >= 11 is 0. The molecule has 0 saturated heterocycles. The molecule has 0 aliphatic rings. The fourth-order valence-corrected chi connectivity index (χ4v) is 1.87. The molecule has 1 atom stereocenters. The first kappa shape index (κ1) is 16.2. The van der Waals surface area contributed by atoms with Crippen molar-refractivity contribution in [2.75, 3.05) is 6.54 Å². The Labute approximate surface area is 128 Å². The van der Waals surface area contributed by atoms with E-state index in [2.05, 4.69) is 15.5 Å². The second-order valence-electron chi connectivity index (χ2n) is 5.47. The molecule has 120 valence electrons. The summed E-state index contributed by atoms with van der Waals surface area (Å²) < 4.78 is 10.0. The fraction of sp³-hybridized carbons (Fsp3) is 0.533. The summed E-state index contributed by atoms with van der Waals surface area (Å²) in [6.45, 7) is 4.35. The summed E-state index contributed by atoms with van der Waals surface area (Å²) in [5, 5.41) is 16.2. The topological polar surface area (TPSA) is 101 Å². The molecule has 0 aliphatic carbocycles. The highest BCUT2D eigenvalue weighted by atomic mass is 16.5. The first-order chi connectivity index (χ1) is 10.6. The summed E-state index contributed by atoms with van der Waals surface area (Å²) in [5.41, 5.74) is 0.738. The Kier molecular flexibility index (Phi) is 5.71. The van der Waals surface area contributed by atoms with Gasteiger partial charge in [0.1, 0.15) is 6.26 Å². The first-order valence-corrected chi connectivity index (χ1v) is 7.36. The minimum absolute atomic E-state index is 0.0981. The van der Waals surface area contributed by atoms with Crippen LogP contribution in [0.4, 0.5) is 0 Å². The molecule has 1 amide bonds. The van der Waals surface area contributed by atoms with Gasteiger partial charge in [-0.05, 0) is 18.4 Å². The van der Waals surface area contributed by atoms with Crippen LogP contribution in [-0.2, 0) is 11.2 Å². The molecule has 0 spiro atoms. The number of nitrogens with one attached hydrogen (secondary N) is 1. The molecule has 0 fully saturated rings. The van der Waals surface area contributed by atoms with Crippen LogP contribution in [0.25, 0.3) is 11.4 Å². The Balaban J connectivity index is 1.70. The molecule has 2 rings (SSSR count). The largest absolute Gasteiger partial charge is 0.472 e. The van der Waals surface area contributed by atoms with Gasteiger partial charge in [0, 0.05) is 19.4 Å². The number of hydrogen-bond acceptors (Lipinski definition) is 6. The molecule has 2 aromatic heterocycles. The number of carbonyl (C=O) groups is 1. The zero-order valence-corrected chi connectivity index (χ0v) is 12.8. The van der Waals surface area contributed by atoms with E-state index < -0.39 is 6.10 Å². The number of nitrogens with zero attached hydrogens (tertiary/aromatic N) is 2. The van der Waals surface area contributed by atoms with Gasteiger partial charge < -0.3 is 19.4 Å². The molecule has 1 unspecified atom stereocenters. The van der Waals surface area contributed by atoms with Crippen LogP contribution in [0.2, 0.25) is 0 Å². The SMILES string of the molecule is CC(C)C(O)CCNC(=O)CCc1nc(-c2ccoc2)no1. The average molecular weight is 307 g/mol. The van der Waals surface area contributed by atoms with Gasteiger partial charge in [-0.25, -0.2) is 0 Å². The second-order valence-corrected chi connectivity index (χ2v) is 5.47. The Morgan fingerprint density at radius 1 is 1.45 bits per heavy atom. The average Bonchev–Trinajstić information content (AvgIpc) is 3.15. The molecule has 0 aliphatic heterocycles. The third-order valence-electron chi connectivity index (χ3n) is 3.35. The minimum atomic E-state index is -0.395. The molecule has 7 nitrogen and oxygen atoms in total. The summed E-state index contributed by atoms with van der Waals surface area (Å²) in [6.07, 6.45) is 3.86. The van der Waals surface area contributed by atoms with Gasteiger partial charge in [-0.2, -0.15) is 4.98 Å². The number of furan rings is 1. The zero-order valence-electron chi connectivity index (χ0n) is 12.8. The third-order valence-corrected chi connectivity index (χ3v) is 3.35. The van der Waals surface area contributed by atoms with Crippen molar-refractivity contribution in [3.63, 3.8) is 0 Å². The van der Waals surface area contributed by atoms with E-state index in [-0.39, 0.29) is 18.2 Å². The maximum Gasteiger partial charge on any atom is 0.227 e. The monoisotopic (exact) mass is 307 g/mol. The van der Waals surface area contributed by atoms with E-state index in [0.717, 1.165) is 5.56 Å². The van der Waals surface area contributed by atoms with E-state index in [1.807, 2.05) is 13.8 Å². The van der Waals surface area contributed by atoms with E-state index in [0.29, 0.717) is 31.1 Å². The number of rotatable bonds is 8. The van der Waals surface area contributed by atoms with Crippen LogP contribution < -0.4 is 5.32 Å². The van der Waals surface area contributed by atoms with E-state index in [4.69, 9.17) is 8.94 Å². The highest BCUT2D eigenvalue weighted by molar-refractivity contribution is 5.75. The van der Waals surface area contributed by atoms with Crippen molar-refractivity contribution in [1.82, 2.24) is 15.5 Å². The van der Waals surface area contributed by atoms with Gasteiger partial charge in [-0.3, -0.25) is 4.79 Å². The van der Waals surface area contributed by atoms with Gasteiger partial charge in [0.05, 0.1) is 17.9 Å². The Morgan fingerprint density at radius 3 is 2.95 bits per heavy atom. The quantitative estimate of drug-likeness (QED) is 0.771. The molecule has 2 heterocycles. The Morgan fingerprint density at radius 2 is 2.27 bits per heavy atom. The van der Waals surface area contributed by atoms with E-state index in [9.17, 15) is 9.90 Å². The second kappa shape index (κ2) is 7.74. The number of aromatic nitrogens is 2.